The van der Waals surface area contributed by atoms with Crippen molar-refractivity contribution in [2.75, 3.05) is 19.6 Å². The molecule has 0 N–H and O–H groups in total. The van der Waals surface area contributed by atoms with Crippen LogP contribution in [0.25, 0.3) is 0 Å². The Morgan fingerprint density at radius 3 is 2.77 bits per heavy atom. The summed E-state index contributed by atoms with van der Waals surface area (Å²) in [5.41, 5.74) is 1.46. The highest BCUT2D eigenvalue weighted by Gasteiger charge is 2.47. The molecule has 5 heteroatoms. The van der Waals surface area contributed by atoms with Crippen LogP contribution in [0.5, 0.6) is 0 Å². The predicted octanol–water partition coefficient (Wildman–Crippen LogP) is 3.65. The Kier molecular flexibility index (Phi) is 5.09. The molecule has 4 rings (SSSR count). The number of carbonyl (C=O) groups is 1. The van der Waals surface area contributed by atoms with Gasteiger partial charge in [0, 0.05) is 49.2 Å². The van der Waals surface area contributed by atoms with E-state index in [9.17, 15) is 4.79 Å². The highest BCUT2D eigenvalue weighted by atomic mass is 32.1. The molecule has 1 spiro atoms. The molecule has 26 heavy (non-hydrogen) atoms. The molecule has 2 aliphatic heterocycles. The molecule has 2 saturated heterocycles. The lowest BCUT2D eigenvalue weighted by Crippen LogP contribution is -2.66. The van der Waals surface area contributed by atoms with Crippen LogP contribution in [0.15, 0.2) is 36.5 Å². The number of likely N-dealkylation sites (tertiary alicyclic amines) is 2. The van der Waals surface area contributed by atoms with Gasteiger partial charge in [0.25, 0.3) is 0 Å². The molecule has 2 aromatic rings. The van der Waals surface area contributed by atoms with Crippen molar-refractivity contribution in [3.8, 4) is 0 Å². The minimum absolute atomic E-state index is 0.207. The highest BCUT2D eigenvalue weighted by Crippen LogP contribution is 2.40. The van der Waals surface area contributed by atoms with Gasteiger partial charge < -0.3 is 4.90 Å². The van der Waals surface area contributed by atoms with E-state index in [2.05, 4.69) is 33.8 Å². The van der Waals surface area contributed by atoms with Gasteiger partial charge in [-0.1, -0.05) is 30.3 Å². The number of aromatic nitrogens is 1. The second-order valence-corrected chi connectivity index (χ2v) is 8.97. The normalized spacial score (nSPS) is 23.2. The van der Waals surface area contributed by atoms with Gasteiger partial charge in [0.15, 0.2) is 0 Å². The van der Waals surface area contributed by atoms with E-state index in [0.717, 1.165) is 44.0 Å². The summed E-state index contributed by atoms with van der Waals surface area (Å²) in [5.74, 6) is 0.313. The number of aryl methyl sites for hydroxylation is 2. The smallest absolute Gasteiger partial charge is 0.222 e. The summed E-state index contributed by atoms with van der Waals surface area (Å²) < 4.78 is 0. The molecule has 1 amide bonds. The molecule has 1 atom stereocenters. The van der Waals surface area contributed by atoms with Crippen molar-refractivity contribution in [2.24, 2.45) is 0 Å². The average Bonchev–Trinajstić information content (AvgIpc) is 3.09. The van der Waals surface area contributed by atoms with Crippen molar-refractivity contribution in [1.82, 2.24) is 14.8 Å². The summed E-state index contributed by atoms with van der Waals surface area (Å²) >= 11 is 1.79. The zero-order chi connectivity index (χ0) is 18.0. The SMILES string of the molecule is Cc1ncc(CN2CC[C@@]23CCCN(C(=O)CCc2ccccc2)C3)s1. The lowest BCUT2D eigenvalue weighted by molar-refractivity contribution is -0.140. The van der Waals surface area contributed by atoms with Crippen molar-refractivity contribution in [2.45, 2.75) is 51.1 Å². The number of thiazole rings is 1. The third kappa shape index (κ3) is 3.69. The van der Waals surface area contributed by atoms with E-state index in [1.54, 1.807) is 11.3 Å². The predicted molar refractivity (Wildman–Crippen MR) is 105 cm³/mol. The van der Waals surface area contributed by atoms with Crippen LogP contribution in [0.1, 0.15) is 41.1 Å². The van der Waals surface area contributed by atoms with Gasteiger partial charge in [-0.15, -0.1) is 11.3 Å². The van der Waals surface area contributed by atoms with Crippen LogP contribution in [0, 0.1) is 6.92 Å². The maximum absolute atomic E-state index is 12.8. The summed E-state index contributed by atoms with van der Waals surface area (Å²) in [6.45, 7) is 6.01. The number of hydrogen-bond donors (Lipinski definition) is 0. The van der Waals surface area contributed by atoms with E-state index >= 15 is 0 Å². The monoisotopic (exact) mass is 369 g/mol. The quantitative estimate of drug-likeness (QED) is 0.807. The molecule has 2 fully saturated rings. The summed E-state index contributed by atoms with van der Waals surface area (Å²) in [4.78, 5) is 23.2. The molecular weight excluding hydrogens is 342 g/mol. The van der Waals surface area contributed by atoms with Crippen molar-refractivity contribution in [1.29, 1.82) is 0 Å². The molecule has 0 radical (unpaired) electrons. The third-order valence-electron chi connectivity index (χ3n) is 5.91. The Morgan fingerprint density at radius 1 is 1.23 bits per heavy atom. The number of rotatable bonds is 5. The minimum atomic E-state index is 0.207. The fourth-order valence-corrected chi connectivity index (χ4v) is 5.15. The average molecular weight is 370 g/mol. The molecular formula is C21H27N3OS. The first-order valence-electron chi connectivity index (χ1n) is 9.63. The van der Waals surface area contributed by atoms with Gasteiger partial charge in [-0.05, 0) is 38.2 Å². The highest BCUT2D eigenvalue weighted by molar-refractivity contribution is 7.11. The Morgan fingerprint density at radius 2 is 2.08 bits per heavy atom. The molecule has 1 aromatic carbocycles. The molecule has 0 unspecified atom stereocenters. The van der Waals surface area contributed by atoms with Crippen LogP contribution in [-0.4, -0.2) is 45.9 Å². The van der Waals surface area contributed by atoms with E-state index < -0.39 is 0 Å². The van der Waals surface area contributed by atoms with Gasteiger partial charge in [-0.2, -0.15) is 0 Å². The second kappa shape index (κ2) is 7.49. The zero-order valence-electron chi connectivity index (χ0n) is 15.5. The van der Waals surface area contributed by atoms with Crippen molar-refractivity contribution in [3.63, 3.8) is 0 Å². The van der Waals surface area contributed by atoms with Gasteiger partial charge in [0.05, 0.1) is 5.01 Å². The van der Waals surface area contributed by atoms with Crippen molar-refractivity contribution >= 4 is 17.2 Å². The van der Waals surface area contributed by atoms with E-state index in [4.69, 9.17) is 0 Å². The molecule has 3 heterocycles. The number of benzene rings is 1. The Balaban J connectivity index is 1.35. The number of nitrogens with zero attached hydrogens (tertiary/aromatic N) is 3. The van der Waals surface area contributed by atoms with Crippen LogP contribution in [0.3, 0.4) is 0 Å². The molecule has 138 valence electrons. The minimum Gasteiger partial charge on any atom is -0.341 e. The van der Waals surface area contributed by atoms with E-state index in [-0.39, 0.29) is 5.54 Å². The van der Waals surface area contributed by atoms with Crippen LogP contribution in [-0.2, 0) is 17.8 Å². The van der Waals surface area contributed by atoms with Gasteiger partial charge in [0.1, 0.15) is 0 Å². The largest absolute Gasteiger partial charge is 0.341 e. The Hall–Kier alpha value is -1.72. The van der Waals surface area contributed by atoms with Gasteiger partial charge in [-0.3, -0.25) is 9.69 Å². The van der Waals surface area contributed by atoms with Gasteiger partial charge >= 0.3 is 0 Å². The first-order valence-corrected chi connectivity index (χ1v) is 10.4. The van der Waals surface area contributed by atoms with Crippen LogP contribution in [0.2, 0.25) is 0 Å². The van der Waals surface area contributed by atoms with E-state index in [1.807, 2.05) is 24.4 Å². The van der Waals surface area contributed by atoms with Gasteiger partial charge in [0.2, 0.25) is 5.91 Å². The fourth-order valence-electron chi connectivity index (χ4n) is 4.34. The molecule has 0 aliphatic carbocycles. The summed E-state index contributed by atoms with van der Waals surface area (Å²) in [6, 6.07) is 10.3. The molecule has 2 aliphatic rings. The molecule has 4 nitrogen and oxygen atoms in total. The standard InChI is InChI=1S/C21H27N3OS/c1-17-22-14-19(26-17)15-24-13-11-21(24)10-5-12-23(16-21)20(25)9-8-18-6-3-2-4-7-18/h2-4,6-7,14H,5,8-13,15-16H2,1H3/t21-/m1/s1. The number of carbonyl (C=O) groups excluding carboxylic acids is 1. The van der Waals surface area contributed by atoms with Gasteiger partial charge in [-0.25, -0.2) is 4.98 Å². The first-order chi connectivity index (χ1) is 12.6. The Labute approximate surface area is 159 Å². The van der Waals surface area contributed by atoms with Crippen LogP contribution in [0.4, 0.5) is 0 Å². The first kappa shape index (κ1) is 17.7. The summed E-state index contributed by atoms with van der Waals surface area (Å²) in [5, 5.41) is 1.14. The zero-order valence-corrected chi connectivity index (χ0v) is 16.3. The van der Waals surface area contributed by atoms with Crippen LogP contribution < -0.4 is 0 Å². The Bertz CT molecular complexity index is 760. The van der Waals surface area contributed by atoms with E-state index in [1.165, 1.54) is 23.3 Å². The molecule has 0 saturated carbocycles. The van der Waals surface area contributed by atoms with Crippen molar-refractivity contribution < 1.29 is 4.79 Å². The van der Waals surface area contributed by atoms with Crippen LogP contribution >= 0.6 is 11.3 Å². The topological polar surface area (TPSA) is 36.4 Å². The second-order valence-electron chi connectivity index (χ2n) is 7.65. The van der Waals surface area contributed by atoms with E-state index in [0.29, 0.717) is 12.3 Å². The fraction of sp³-hybridized carbons (Fsp3) is 0.524. The number of amides is 1. The molecule has 1 aromatic heterocycles. The lowest BCUT2D eigenvalue weighted by atomic mass is 9.77. The van der Waals surface area contributed by atoms with Crippen molar-refractivity contribution in [3.05, 3.63) is 52.0 Å². The maximum atomic E-state index is 12.8. The number of hydrogen-bond acceptors (Lipinski definition) is 4. The molecule has 0 bridgehead atoms. The number of piperidine rings is 1. The third-order valence-corrected chi connectivity index (χ3v) is 6.81. The lowest BCUT2D eigenvalue weighted by Gasteiger charge is -2.57. The summed E-state index contributed by atoms with van der Waals surface area (Å²) in [6.07, 6.45) is 7.02. The summed E-state index contributed by atoms with van der Waals surface area (Å²) in [7, 11) is 0. The maximum Gasteiger partial charge on any atom is 0.222 e.